The number of hydrogen-bond acceptors (Lipinski definition) is 9. The molecule has 0 fully saturated rings. The van der Waals surface area contributed by atoms with Gasteiger partial charge in [-0.2, -0.15) is 0 Å². The van der Waals surface area contributed by atoms with E-state index in [0.29, 0.717) is 11.4 Å². The van der Waals surface area contributed by atoms with Crippen LogP contribution in [0.2, 0.25) is 0 Å². The van der Waals surface area contributed by atoms with Gasteiger partial charge in [0.1, 0.15) is 29.2 Å². The fraction of sp³-hybridized carbons (Fsp3) is 0.238. The zero-order valence-corrected chi connectivity index (χ0v) is 19.7. The third kappa shape index (κ3) is 6.44. The number of fused-ring (bicyclic) bond motifs is 2. The van der Waals surface area contributed by atoms with Gasteiger partial charge in [0.05, 0.1) is 17.3 Å². The molecule has 0 aliphatic carbocycles. The molecule has 15 heteroatoms. The van der Waals surface area contributed by atoms with Crippen LogP contribution in [-0.2, 0) is 16.1 Å². The number of benzene rings is 1. The molecule has 1 aliphatic rings. The minimum Gasteiger partial charge on any atom is -0.482 e. The first-order chi connectivity index (χ1) is 16.6. The highest BCUT2D eigenvalue weighted by Crippen LogP contribution is 2.28. The Morgan fingerprint density at radius 2 is 2.00 bits per heavy atom. The summed E-state index contributed by atoms with van der Waals surface area (Å²) in [5.41, 5.74) is 11.5. The molecule has 9 N–H and O–H groups in total. The Bertz CT molecular complexity index is 1290. The van der Waals surface area contributed by atoms with Crippen molar-refractivity contribution in [2.45, 2.75) is 25.6 Å². The van der Waals surface area contributed by atoms with Crippen molar-refractivity contribution in [1.82, 2.24) is 20.3 Å². The quantitative estimate of drug-likeness (QED) is 0.220. The number of ether oxygens (including phenoxy) is 1. The molecule has 1 aromatic carbocycles. The number of carbonyl (C=O) groups is 4. The van der Waals surface area contributed by atoms with E-state index >= 15 is 0 Å². The summed E-state index contributed by atoms with van der Waals surface area (Å²) in [7, 11) is 0. The van der Waals surface area contributed by atoms with Crippen LogP contribution in [0.15, 0.2) is 30.7 Å². The van der Waals surface area contributed by atoms with Crippen LogP contribution in [0.4, 0.5) is 5.69 Å². The van der Waals surface area contributed by atoms with Crippen molar-refractivity contribution in [3.63, 3.8) is 0 Å². The molecule has 0 spiro atoms. The number of aromatic amines is 1. The van der Waals surface area contributed by atoms with Crippen molar-refractivity contribution in [2.75, 3.05) is 11.9 Å². The minimum atomic E-state index is -1.15. The van der Waals surface area contributed by atoms with E-state index in [1.807, 2.05) is 0 Å². The molecular weight excluding hydrogens is 498 g/mol. The summed E-state index contributed by atoms with van der Waals surface area (Å²) in [6, 6.07) is 4.25. The second-order valence-corrected chi connectivity index (χ2v) is 7.47. The monoisotopic (exact) mass is 521 g/mol. The van der Waals surface area contributed by atoms with E-state index < -0.39 is 29.9 Å². The van der Waals surface area contributed by atoms with Gasteiger partial charge in [0.2, 0.25) is 5.91 Å². The number of aliphatic hydroxyl groups excluding tert-OH is 1. The van der Waals surface area contributed by atoms with Gasteiger partial charge in [0, 0.05) is 12.7 Å². The number of amides is 3. The summed E-state index contributed by atoms with van der Waals surface area (Å²) in [6.07, 6.45) is 1.56. The average molecular weight is 522 g/mol. The largest absolute Gasteiger partial charge is 0.482 e. The zero-order chi connectivity index (χ0) is 25.7. The first kappa shape index (κ1) is 28.0. The molecule has 0 radical (unpaired) electrons. The lowest BCUT2D eigenvalue weighted by molar-refractivity contribution is -0.121. The number of anilines is 1. The molecule has 2 aromatic heterocycles. The van der Waals surface area contributed by atoms with Crippen molar-refractivity contribution in [3.05, 3.63) is 47.5 Å². The van der Waals surface area contributed by atoms with Crippen LogP contribution in [0.3, 0.4) is 0 Å². The number of carboxylic acids is 1. The number of aromatic carboxylic acids is 1. The second-order valence-electron chi connectivity index (χ2n) is 7.47. The summed E-state index contributed by atoms with van der Waals surface area (Å²) in [5.74, 6) is -1.99. The van der Waals surface area contributed by atoms with E-state index in [9.17, 15) is 19.2 Å². The smallest absolute Gasteiger partial charge is 0.339 e. The number of rotatable bonds is 6. The highest BCUT2D eigenvalue weighted by atomic mass is 35.5. The van der Waals surface area contributed by atoms with Gasteiger partial charge >= 0.3 is 5.97 Å². The summed E-state index contributed by atoms with van der Waals surface area (Å²) in [4.78, 5) is 55.8. The van der Waals surface area contributed by atoms with E-state index in [0.717, 1.165) is 11.9 Å². The first-order valence-electron chi connectivity index (χ1n) is 10.2. The maximum absolute atomic E-state index is 12.5. The summed E-state index contributed by atoms with van der Waals surface area (Å²) >= 11 is 0. The van der Waals surface area contributed by atoms with Crippen molar-refractivity contribution in [1.29, 1.82) is 0 Å². The third-order valence-corrected chi connectivity index (χ3v) is 4.89. The van der Waals surface area contributed by atoms with Crippen LogP contribution in [-0.4, -0.2) is 67.6 Å². The molecule has 192 valence electrons. The number of nitrogens with two attached hydrogens (primary N) is 2. The van der Waals surface area contributed by atoms with Crippen molar-refractivity contribution >= 4 is 52.8 Å². The molecule has 36 heavy (non-hydrogen) atoms. The van der Waals surface area contributed by atoms with E-state index in [-0.39, 0.29) is 53.8 Å². The van der Waals surface area contributed by atoms with E-state index in [4.69, 9.17) is 26.4 Å². The van der Waals surface area contributed by atoms with E-state index in [1.165, 1.54) is 13.1 Å². The van der Waals surface area contributed by atoms with Crippen LogP contribution < -0.4 is 26.8 Å². The van der Waals surface area contributed by atoms with Gasteiger partial charge in [0.25, 0.3) is 11.8 Å². The predicted molar refractivity (Wildman–Crippen MR) is 129 cm³/mol. The third-order valence-electron chi connectivity index (χ3n) is 4.89. The number of aliphatic hydroxyl groups is 1. The first-order valence-corrected chi connectivity index (χ1v) is 10.2. The van der Waals surface area contributed by atoms with Crippen LogP contribution in [0.1, 0.15) is 33.3 Å². The SMILES string of the molecule is C[C@@H](O)[C@H](N)C(N)=O.Cl.O=C1COc2ccc(CNC(=O)c3ncnc4c(C(=O)O)c[nH]c34)cc2N1. The topological polar surface area (TPSA) is 236 Å². The number of halogens is 1. The molecule has 4 rings (SSSR count). The van der Waals surface area contributed by atoms with Crippen molar-refractivity contribution in [2.24, 2.45) is 11.5 Å². The number of H-pyrrole nitrogens is 1. The van der Waals surface area contributed by atoms with Crippen LogP contribution >= 0.6 is 12.4 Å². The Morgan fingerprint density at radius 1 is 1.28 bits per heavy atom. The van der Waals surface area contributed by atoms with Crippen molar-refractivity contribution < 1.29 is 34.1 Å². The lowest BCUT2D eigenvalue weighted by Crippen LogP contribution is -2.44. The molecule has 1 aliphatic heterocycles. The van der Waals surface area contributed by atoms with Gasteiger partial charge in [-0.05, 0) is 24.6 Å². The molecule has 2 atom stereocenters. The van der Waals surface area contributed by atoms with Gasteiger partial charge in [-0.3, -0.25) is 14.4 Å². The van der Waals surface area contributed by atoms with Crippen LogP contribution in [0, 0.1) is 0 Å². The number of nitrogens with one attached hydrogen (secondary N) is 3. The van der Waals surface area contributed by atoms with Gasteiger partial charge < -0.3 is 42.0 Å². The Labute approximate surface area is 209 Å². The molecular formula is C21H24ClN7O7. The number of primary amides is 1. The second kappa shape index (κ2) is 11.9. The Hall–Kier alpha value is -4.27. The molecule has 3 amide bonds. The van der Waals surface area contributed by atoms with E-state index in [1.54, 1.807) is 18.2 Å². The average Bonchev–Trinajstić information content (AvgIpc) is 3.26. The standard InChI is InChI=1S/C17H13N5O5.C4H10N2O2.ClH/c23-12-6-27-11-2-1-8(3-10(11)22-12)4-19-16(24)15-14-13(20-7-21-15)9(5-18-14)17(25)26;1-2(7)3(5)4(6)8;/h1-3,5,7,18H,4,6H2,(H,19,24)(H,22,23)(H,25,26);2-3,7H,5H2,1H3,(H2,6,8);1H/t;2-,3+;/m.1./s1. The molecule has 0 saturated carbocycles. The van der Waals surface area contributed by atoms with Gasteiger partial charge in [-0.1, -0.05) is 6.07 Å². The molecule has 0 saturated heterocycles. The maximum Gasteiger partial charge on any atom is 0.339 e. The zero-order valence-electron chi connectivity index (χ0n) is 18.8. The summed E-state index contributed by atoms with van der Waals surface area (Å²) in [6.45, 7) is 1.57. The molecule has 0 bridgehead atoms. The summed E-state index contributed by atoms with van der Waals surface area (Å²) < 4.78 is 5.29. The highest BCUT2D eigenvalue weighted by molar-refractivity contribution is 6.08. The molecule has 0 unspecified atom stereocenters. The van der Waals surface area contributed by atoms with Crippen molar-refractivity contribution in [3.8, 4) is 5.75 Å². The fourth-order valence-electron chi connectivity index (χ4n) is 3.02. The minimum absolute atomic E-state index is 0. The van der Waals surface area contributed by atoms with Crippen LogP contribution in [0.25, 0.3) is 11.0 Å². The van der Waals surface area contributed by atoms with Gasteiger partial charge in [0.15, 0.2) is 12.3 Å². The lowest BCUT2D eigenvalue weighted by Gasteiger charge is -2.18. The predicted octanol–water partition coefficient (Wildman–Crippen LogP) is -0.481. The normalized spacial score (nSPS) is 13.5. The number of aromatic nitrogens is 3. The Balaban J connectivity index is 0.000000442. The fourth-order valence-corrected chi connectivity index (χ4v) is 3.02. The Morgan fingerprint density at radius 3 is 2.61 bits per heavy atom. The molecule has 3 heterocycles. The number of carboxylic acid groups (broad SMARTS) is 1. The van der Waals surface area contributed by atoms with Crippen LogP contribution in [0.5, 0.6) is 5.75 Å². The van der Waals surface area contributed by atoms with Gasteiger partial charge in [-0.25, -0.2) is 14.8 Å². The maximum atomic E-state index is 12.5. The van der Waals surface area contributed by atoms with E-state index in [2.05, 4.69) is 25.6 Å². The lowest BCUT2D eigenvalue weighted by atomic mass is 10.1. The number of hydrogen-bond donors (Lipinski definition) is 7. The summed E-state index contributed by atoms with van der Waals surface area (Å²) in [5, 5.41) is 23.1. The number of carbonyl (C=O) groups excluding carboxylic acids is 3. The highest BCUT2D eigenvalue weighted by Gasteiger charge is 2.20. The molecule has 14 nitrogen and oxygen atoms in total. The van der Waals surface area contributed by atoms with Gasteiger partial charge in [-0.15, -0.1) is 12.4 Å². The Kier molecular flexibility index (Phi) is 9.26. The molecule has 3 aromatic rings. The number of nitrogens with zero attached hydrogens (tertiary/aromatic N) is 2.